The molecule has 0 radical (unpaired) electrons. The lowest BCUT2D eigenvalue weighted by atomic mass is 9.70. The summed E-state index contributed by atoms with van der Waals surface area (Å²) in [5.74, 6) is 0.319. The average molecular weight is 242 g/mol. The fraction of sp³-hybridized carbons (Fsp3) is 0.562. The first kappa shape index (κ1) is 13.1. The van der Waals surface area contributed by atoms with E-state index < -0.39 is 0 Å². The Morgan fingerprint density at radius 1 is 1.28 bits per heavy atom. The average Bonchev–Trinajstić information content (AvgIpc) is 2.39. The van der Waals surface area contributed by atoms with Gasteiger partial charge in [-0.25, -0.2) is 0 Å². The Morgan fingerprint density at radius 2 is 2.00 bits per heavy atom. The molecule has 0 aromatic heterocycles. The van der Waals surface area contributed by atoms with Crippen molar-refractivity contribution in [3.05, 3.63) is 35.9 Å². The summed E-state index contributed by atoms with van der Waals surface area (Å²) < 4.78 is 0. The maximum atomic E-state index is 9.71. The molecule has 0 spiro atoms. The van der Waals surface area contributed by atoms with Crippen molar-refractivity contribution in [3.8, 4) is 6.07 Å². The SMILES string of the molecule is CC(C)NC1(C#N)CCCCC1c1ccccc1. The summed E-state index contributed by atoms with van der Waals surface area (Å²) in [6, 6.07) is 13.4. The molecule has 0 amide bonds. The quantitative estimate of drug-likeness (QED) is 0.879. The first-order valence-corrected chi connectivity index (χ1v) is 6.92. The summed E-state index contributed by atoms with van der Waals surface area (Å²) in [5, 5.41) is 13.2. The van der Waals surface area contributed by atoms with Crippen molar-refractivity contribution in [2.24, 2.45) is 0 Å². The third-order valence-corrected chi connectivity index (χ3v) is 3.86. The van der Waals surface area contributed by atoms with Gasteiger partial charge in [0.25, 0.3) is 0 Å². The smallest absolute Gasteiger partial charge is 0.113 e. The van der Waals surface area contributed by atoms with Crippen LogP contribution in [0, 0.1) is 11.3 Å². The molecule has 0 bridgehead atoms. The van der Waals surface area contributed by atoms with Gasteiger partial charge in [0.15, 0.2) is 0 Å². The predicted molar refractivity (Wildman–Crippen MR) is 74.3 cm³/mol. The first-order valence-electron chi connectivity index (χ1n) is 6.92. The molecule has 1 fully saturated rings. The molecule has 1 aliphatic carbocycles. The summed E-state index contributed by atoms with van der Waals surface area (Å²) in [4.78, 5) is 0. The van der Waals surface area contributed by atoms with E-state index in [4.69, 9.17) is 0 Å². The zero-order valence-electron chi connectivity index (χ0n) is 11.3. The van der Waals surface area contributed by atoms with Crippen LogP contribution < -0.4 is 5.32 Å². The van der Waals surface area contributed by atoms with Gasteiger partial charge in [0.05, 0.1) is 6.07 Å². The molecule has 96 valence electrons. The lowest BCUT2D eigenvalue weighted by Gasteiger charge is -2.41. The molecule has 1 aromatic carbocycles. The standard InChI is InChI=1S/C16H22N2/c1-13(2)18-16(12-17)11-7-6-10-15(16)14-8-4-3-5-9-14/h3-5,8-9,13,15,18H,6-7,10-11H2,1-2H3. The molecule has 1 aromatic rings. The number of hydrogen-bond donors (Lipinski definition) is 1. The zero-order chi connectivity index (χ0) is 13.0. The third-order valence-electron chi connectivity index (χ3n) is 3.86. The number of nitrogens with zero attached hydrogens (tertiary/aromatic N) is 1. The molecule has 1 saturated carbocycles. The second kappa shape index (κ2) is 5.54. The Balaban J connectivity index is 2.33. The van der Waals surface area contributed by atoms with Crippen molar-refractivity contribution in [1.29, 1.82) is 5.26 Å². The van der Waals surface area contributed by atoms with Gasteiger partial charge in [-0.15, -0.1) is 0 Å². The molecular weight excluding hydrogens is 220 g/mol. The molecule has 1 N–H and O–H groups in total. The van der Waals surface area contributed by atoms with Gasteiger partial charge in [0.2, 0.25) is 0 Å². The predicted octanol–water partition coefficient (Wildman–Crippen LogP) is 3.60. The van der Waals surface area contributed by atoms with E-state index in [0.717, 1.165) is 19.3 Å². The summed E-state index contributed by atoms with van der Waals surface area (Å²) in [7, 11) is 0. The van der Waals surface area contributed by atoms with Gasteiger partial charge in [-0.1, -0.05) is 43.2 Å². The van der Waals surface area contributed by atoms with Crippen LogP contribution in [0.1, 0.15) is 51.0 Å². The van der Waals surface area contributed by atoms with Crippen LogP contribution in [0.2, 0.25) is 0 Å². The van der Waals surface area contributed by atoms with E-state index >= 15 is 0 Å². The Labute approximate surface area is 110 Å². The second-order valence-corrected chi connectivity index (χ2v) is 5.59. The summed E-state index contributed by atoms with van der Waals surface area (Å²) in [5.41, 5.74) is 0.917. The van der Waals surface area contributed by atoms with E-state index in [9.17, 15) is 5.26 Å². The van der Waals surface area contributed by atoms with Crippen LogP contribution in [0.3, 0.4) is 0 Å². The van der Waals surface area contributed by atoms with Gasteiger partial charge in [-0.05, 0) is 32.3 Å². The normalized spacial score (nSPS) is 28.0. The van der Waals surface area contributed by atoms with Crippen LogP contribution in [-0.2, 0) is 0 Å². The maximum Gasteiger partial charge on any atom is 0.113 e. The fourth-order valence-electron chi connectivity index (χ4n) is 3.16. The molecule has 18 heavy (non-hydrogen) atoms. The van der Waals surface area contributed by atoms with E-state index in [0.29, 0.717) is 12.0 Å². The lowest BCUT2D eigenvalue weighted by molar-refractivity contribution is 0.240. The van der Waals surface area contributed by atoms with E-state index in [1.807, 2.05) is 6.07 Å². The Bertz CT molecular complexity index is 418. The highest BCUT2D eigenvalue weighted by atomic mass is 15.0. The topological polar surface area (TPSA) is 35.8 Å². The summed E-state index contributed by atoms with van der Waals surface area (Å²) >= 11 is 0. The molecule has 2 unspecified atom stereocenters. The second-order valence-electron chi connectivity index (χ2n) is 5.59. The van der Waals surface area contributed by atoms with Crippen LogP contribution in [-0.4, -0.2) is 11.6 Å². The van der Waals surface area contributed by atoms with Crippen molar-refractivity contribution >= 4 is 0 Å². The first-order chi connectivity index (χ1) is 8.68. The fourth-order valence-corrected chi connectivity index (χ4v) is 3.16. The largest absolute Gasteiger partial charge is 0.297 e. The van der Waals surface area contributed by atoms with Gasteiger partial charge in [-0.2, -0.15) is 5.26 Å². The Hall–Kier alpha value is -1.33. The maximum absolute atomic E-state index is 9.71. The van der Waals surface area contributed by atoms with Gasteiger partial charge in [0, 0.05) is 12.0 Å². The molecule has 2 heteroatoms. The third kappa shape index (κ3) is 2.57. The van der Waals surface area contributed by atoms with E-state index in [-0.39, 0.29) is 5.54 Å². The minimum Gasteiger partial charge on any atom is -0.297 e. The minimum atomic E-state index is -0.381. The molecule has 2 rings (SSSR count). The van der Waals surface area contributed by atoms with Crippen molar-refractivity contribution in [3.63, 3.8) is 0 Å². The molecule has 0 aliphatic heterocycles. The van der Waals surface area contributed by atoms with Crippen LogP contribution >= 0.6 is 0 Å². The number of rotatable bonds is 3. The highest BCUT2D eigenvalue weighted by molar-refractivity contribution is 5.30. The molecule has 0 heterocycles. The highest BCUT2D eigenvalue weighted by Gasteiger charge is 2.41. The highest BCUT2D eigenvalue weighted by Crippen LogP contribution is 2.40. The number of nitriles is 1. The molecule has 1 aliphatic rings. The van der Waals surface area contributed by atoms with Crippen LogP contribution in [0.15, 0.2) is 30.3 Å². The van der Waals surface area contributed by atoms with E-state index in [1.54, 1.807) is 0 Å². The Morgan fingerprint density at radius 3 is 2.61 bits per heavy atom. The minimum absolute atomic E-state index is 0.319. The van der Waals surface area contributed by atoms with Crippen LogP contribution in [0.5, 0.6) is 0 Å². The summed E-state index contributed by atoms with van der Waals surface area (Å²) in [6.07, 6.45) is 4.44. The molecular formula is C16H22N2. The Kier molecular flexibility index (Phi) is 4.04. The monoisotopic (exact) mass is 242 g/mol. The lowest BCUT2D eigenvalue weighted by Crippen LogP contribution is -2.53. The van der Waals surface area contributed by atoms with Crippen molar-refractivity contribution in [2.75, 3.05) is 0 Å². The number of benzene rings is 1. The van der Waals surface area contributed by atoms with Crippen molar-refractivity contribution < 1.29 is 0 Å². The van der Waals surface area contributed by atoms with E-state index in [1.165, 1.54) is 12.0 Å². The van der Waals surface area contributed by atoms with Crippen LogP contribution in [0.4, 0.5) is 0 Å². The summed E-state index contributed by atoms with van der Waals surface area (Å²) in [6.45, 7) is 4.24. The number of hydrogen-bond acceptors (Lipinski definition) is 2. The number of nitrogens with one attached hydrogen (secondary N) is 1. The van der Waals surface area contributed by atoms with Crippen molar-refractivity contribution in [2.45, 2.75) is 57.0 Å². The van der Waals surface area contributed by atoms with Gasteiger partial charge in [0.1, 0.15) is 5.54 Å². The zero-order valence-corrected chi connectivity index (χ0v) is 11.3. The van der Waals surface area contributed by atoms with E-state index in [2.05, 4.69) is 49.5 Å². The van der Waals surface area contributed by atoms with Gasteiger partial charge < -0.3 is 0 Å². The van der Waals surface area contributed by atoms with Crippen LogP contribution in [0.25, 0.3) is 0 Å². The van der Waals surface area contributed by atoms with Crippen molar-refractivity contribution in [1.82, 2.24) is 5.32 Å². The molecule has 2 nitrogen and oxygen atoms in total. The molecule has 0 saturated heterocycles. The van der Waals surface area contributed by atoms with Gasteiger partial charge in [-0.3, -0.25) is 5.32 Å². The molecule has 2 atom stereocenters. The van der Waals surface area contributed by atoms with Gasteiger partial charge >= 0.3 is 0 Å².